The fourth-order valence-corrected chi connectivity index (χ4v) is 5.14. The average Bonchev–Trinajstić information content (AvgIpc) is 2.88. The maximum atomic E-state index is 2.51. The SMILES string of the molecule is Cc1ccc(N(Cc2ccccc2)Cc2ccccc2)c2ccc3cc4ccccc4cc3c12. The molecule has 0 saturated carbocycles. The molecule has 0 saturated heterocycles. The average molecular weight is 438 g/mol. The molecule has 6 aromatic carbocycles. The number of nitrogens with zero attached hydrogens (tertiary/aromatic N) is 1. The minimum absolute atomic E-state index is 0.865. The van der Waals surface area contributed by atoms with Gasteiger partial charge in [-0.3, -0.25) is 0 Å². The molecule has 1 heteroatoms. The third kappa shape index (κ3) is 3.80. The van der Waals surface area contributed by atoms with Gasteiger partial charge >= 0.3 is 0 Å². The van der Waals surface area contributed by atoms with Gasteiger partial charge in [-0.15, -0.1) is 0 Å². The predicted molar refractivity (Wildman–Crippen MR) is 146 cm³/mol. The second kappa shape index (κ2) is 8.68. The van der Waals surface area contributed by atoms with Crippen LogP contribution in [0, 0.1) is 6.92 Å². The summed E-state index contributed by atoms with van der Waals surface area (Å²) >= 11 is 0. The van der Waals surface area contributed by atoms with Crippen LogP contribution in [0.4, 0.5) is 5.69 Å². The molecule has 34 heavy (non-hydrogen) atoms. The molecule has 0 heterocycles. The summed E-state index contributed by atoms with van der Waals surface area (Å²) in [6, 6.07) is 44.1. The van der Waals surface area contributed by atoms with Crippen molar-refractivity contribution < 1.29 is 0 Å². The van der Waals surface area contributed by atoms with Crippen LogP contribution in [0.3, 0.4) is 0 Å². The van der Waals surface area contributed by atoms with E-state index in [9.17, 15) is 0 Å². The molecule has 0 aliphatic rings. The summed E-state index contributed by atoms with van der Waals surface area (Å²) in [5.74, 6) is 0. The third-order valence-corrected chi connectivity index (χ3v) is 6.82. The Bertz CT molecular complexity index is 1560. The van der Waals surface area contributed by atoms with Gasteiger partial charge in [0.05, 0.1) is 0 Å². The van der Waals surface area contributed by atoms with Crippen LogP contribution in [0.1, 0.15) is 16.7 Å². The van der Waals surface area contributed by atoms with Gasteiger partial charge in [0, 0.05) is 24.2 Å². The van der Waals surface area contributed by atoms with Gasteiger partial charge < -0.3 is 4.90 Å². The van der Waals surface area contributed by atoms with Crippen molar-refractivity contribution in [1.82, 2.24) is 0 Å². The lowest BCUT2D eigenvalue weighted by Gasteiger charge is -2.27. The van der Waals surface area contributed by atoms with Crippen molar-refractivity contribution in [2.75, 3.05) is 4.90 Å². The summed E-state index contributed by atoms with van der Waals surface area (Å²) in [4.78, 5) is 2.51. The lowest BCUT2D eigenvalue weighted by molar-refractivity contribution is 0.803. The van der Waals surface area contributed by atoms with E-state index < -0.39 is 0 Å². The second-order valence-corrected chi connectivity index (χ2v) is 9.14. The molecule has 0 atom stereocenters. The molecule has 0 amide bonds. The molecule has 0 aliphatic carbocycles. The Kier molecular flexibility index (Phi) is 5.24. The number of rotatable bonds is 5. The normalized spacial score (nSPS) is 11.3. The van der Waals surface area contributed by atoms with Crippen LogP contribution < -0.4 is 4.90 Å². The zero-order chi connectivity index (χ0) is 22.9. The standard InChI is InChI=1S/C33H27N/c1-24-16-19-32(34(22-25-10-4-2-5-11-25)23-26-12-6-3-7-13-26)30-18-17-29-20-27-14-8-9-15-28(27)21-31(29)33(24)30/h2-21H,22-23H2,1H3. The van der Waals surface area contributed by atoms with Gasteiger partial charge in [0.25, 0.3) is 0 Å². The largest absolute Gasteiger partial charge is 0.362 e. The molecule has 0 spiro atoms. The summed E-state index contributed by atoms with van der Waals surface area (Å²) in [5, 5.41) is 7.87. The van der Waals surface area contributed by atoms with Gasteiger partial charge in [-0.25, -0.2) is 0 Å². The van der Waals surface area contributed by atoms with Crippen molar-refractivity contribution in [1.29, 1.82) is 0 Å². The molecule has 6 rings (SSSR count). The van der Waals surface area contributed by atoms with Crippen LogP contribution in [0.2, 0.25) is 0 Å². The van der Waals surface area contributed by atoms with Crippen LogP contribution in [-0.4, -0.2) is 0 Å². The summed E-state index contributed by atoms with van der Waals surface area (Å²) in [7, 11) is 0. The van der Waals surface area contributed by atoms with Crippen LogP contribution >= 0.6 is 0 Å². The highest BCUT2D eigenvalue weighted by molar-refractivity contribution is 6.16. The van der Waals surface area contributed by atoms with Crippen molar-refractivity contribution in [3.8, 4) is 0 Å². The van der Waals surface area contributed by atoms with E-state index in [1.807, 2.05) is 0 Å². The monoisotopic (exact) mass is 437 g/mol. The summed E-state index contributed by atoms with van der Waals surface area (Å²) < 4.78 is 0. The predicted octanol–water partition coefficient (Wildman–Crippen LogP) is 8.66. The highest BCUT2D eigenvalue weighted by Gasteiger charge is 2.15. The minimum atomic E-state index is 0.865. The maximum absolute atomic E-state index is 2.51. The number of hydrogen-bond acceptors (Lipinski definition) is 1. The van der Waals surface area contributed by atoms with E-state index >= 15 is 0 Å². The highest BCUT2D eigenvalue weighted by Crippen LogP contribution is 2.37. The van der Waals surface area contributed by atoms with Gasteiger partial charge in [-0.05, 0) is 68.7 Å². The molecule has 1 nitrogen and oxygen atoms in total. The number of aryl methyl sites for hydroxylation is 1. The Morgan fingerprint density at radius 3 is 1.74 bits per heavy atom. The number of anilines is 1. The summed E-state index contributed by atoms with van der Waals surface area (Å²) in [6.07, 6.45) is 0. The van der Waals surface area contributed by atoms with Crippen molar-refractivity contribution in [2.24, 2.45) is 0 Å². The van der Waals surface area contributed by atoms with Gasteiger partial charge in [-0.1, -0.05) is 103 Å². The van der Waals surface area contributed by atoms with E-state index in [0.717, 1.165) is 13.1 Å². The first-order chi connectivity index (χ1) is 16.8. The zero-order valence-corrected chi connectivity index (χ0v) is 19.4. The summed E-state index contributed by atoms with van der Waals surface area (Å²) in [6.45, 7) is 3.97. The Hall–Kier alpha value is -4.10. The molecule has 0 aliphatic heterocycles. The first kappa shape index (κ1) is 20.5. The highest BCUT2D eigenvalue weighted by atomic mass is 15.1. The first-order valence-corrected chi connectivity index (χ1v) is 11.9. The topological polar surface area (TPSA) is 3.24 Å². The molecule has 0 bridgehead atoms. The van der Waals surface area contributed by atoms with E-state index in [2.05, 4.69) is 133 Å². The molecule has 6 aromatic rings. The van der Waals surface area contributed by atoms with Crippen LogP contribution in [0.25, 0.3) is 32.3 Å². The molecule has 0 N–H and O–H groups in total. The number of fused-ring (bicyclic) bond motifs is 4. The molecule has 0 aromatic heterocycles. The molecule has 0 fully saturated rings. The van der Waals surface area contributed by atoms with Crippen molar-refractivity contribution in [3.05, 3.63) is 138 Å². The summed E-state index contributed by atoms with van der Waals surface area (Å²) in [5.41, 5.74) is 5.24. The lowest BCUT2D eigenvalue weighted by Crippen LogP contribution is -2.22. The van der Waals surface area contributed by atoms with Gasteiger partial charge in [0.15, 0.2) is 0 Å². The smallest absolute Gasteiger partial charge is 0.0452 e. The maximum Gasteiger partial charge on any atom is 0.0452 e. The first-order valence-electron chi connectivity index (χ1n) is 11.9. The van der Waals surface area contributed by atoms with Crippen molar-refractivity contribution in [3.63, 3.8) is 0 Å². The molecule has 0 radical (unpaired) electrons. The third-order valence-electron chi connectivity index (χ3n) is 6.82. The van der Waals surface area contributed by atoms with E-state index in [4.69, 9.17) is 0 Å². The fourth-order valence-electron chi connectivity index (χ4n) is 5.14. The minimum Gasteiger partial charge on any atom is -0.362 e. The van der Waals surface area contributed by atoms with Crippen LogP contribution in [-0.2, 0) is 13.1 Å². The Morgan fingerprint density at radius 1 is 0.500 bits per heavy atom. The quantitative estimate of drug-likeness (QED) is 0.193. The zero-order valence-electron chi connectivity index (χ0n) is 19.4. The Labute approximate surface area is 200 Å². The van der Waals surface area contributed by atoms with E-state index in [1.165, 1.54) is 54.7 Å². The molecular weight excluding hydrogens is 410 g/mol. The number of benzene rings is 6. The lowest BCUT2D eigenvalue weighted by atomic mass is 9.94. The van der Waals surface area contributed by atoms with E-state index in [0.29, 0.717) is 0 Å². The molecule has 0 unspecified atom stereocenters. The fraction of sp³-hybridized carbons (Fsp3) is 0.0909. The number of hydrogen-bond donors (Lipinski definition) is 0. The van der Waals surface area contributed by atoms with E-state index in [-0.39, 0.29) is 0 Å². The van der Waals surface area contributed by atoms with Crippen LogP contribution in [0.5, 0.6) is 0 Å². The second-order valence-electron chi connectivity index (χ2n) is 9.14. The van der Waals surface area contributed by atoms with Gasteiger partial charge in [0.2, 0.25) is 0 Å². The van der Waals surface area contributed by atoms with Gasteiger partial charge in [-0.2, -0.15) is 0 Å². The molecular formula is C33H27N. The Balaban J connectivity index is 1.56. The van der Waals surface area contributed by atoms with Crippen LogP contribution in [0.15, 0.2) is 121 Å². The molecule has 164 valence electrons. The Morgan fingerprint density at radius 2 is 1.09 bits per heavy atom. The van der Waals surface area contributed by atoms with Gasteiger partial charge in [0.1, 0.15) is 0 Å². The van der Waals surface area contributed by atoms with E-state index in [1.54, 1.807) is 0 Å². The van der Waals surface area contributed by atoms with Crippen molar-refractivity contribution >= 4 is 38.0 Å². The van der Waals surface area contributed by atoms with Crippen molar-refractivity contribution in [2.45, 2.75) is 20.0 Å².